The Morgan fingerprint density at radius 1 is 0.861 bits per heavy atom. The molecule has 2 heterocycles. The summed E-state index contributed by atoms with van der Waals surface area (Å²) in [7, 11) is 2.03. The molecule has 180 valence electrons. The van der Waals surface area contributed by atoms with E-state index in [9.17, 15) is 4.11 Å². The zero-order valence-corrected chi connectivity index (χ0v) is 20.9. The Bertz CT molecular complexity index is 1830. The summed E-state index contributed by atoms with van der Waals surface area (Å²) in [6, 6.07) is 21.7. The molecule has 0 saturated heterocycles. The maximum atomic E-state index is 9.42. The van der Waals surface area contributed by atoms with Crippen molar-refractivity contribution in [2.75, 3.05) is 0 Å². The quantitative estimate of drug-likeness (QED) is 0.239. The van der Waals surface area contributed by atoms with Crippen molar-refractivity contribution in [2.24, 2.45) is 18.9 Å². The molecule has 2 nitrogen and oxygen atoms in total. The normalized spacial score (nSPS) is 25.1. The van der Waals surface area contributed by atoms with Gasteiger partial charge in [0.1, 0.15) is 18.2 Å². The van der Waals surface area contributed by atoms with Crippen LogP contribution < -0.4 is 4.57 Å². The van der Waals surface area contributed by atoms with Crippen molar-refractivity contribution in [2.45, 2.75) is 51.8 Å². The molecule has 1 atom stereocenters. The number of pyridine rings is 1. The standard InChI is InChI=1S/C34H34NO/c1-22-14-17-30-29-12-8-11-28(33(29)36-34(30)32(22)31-13-6-7-18-35(31)2)25-16-15-24-19-26(21-27(24)20-25)23-9-4-3-5-10-23/h6-8,11-18,20,23,26H,3-5,9-10,19,21H2,1-2H3/q+1/i19D2,21D2,26D. The number of aryl methyl sites for hydroxylation is 2. The van der Waals surface area contributed by atoms with Gasteiger partial charge in [0.05, 0.1) is 5.56 Å². The Hall–Kier alpha value is -3.39. The highest BCUT2D eigenvalue weighted by Gasteiger charge is 2.30. The molecule has 0 aliphatic heterocycles. The van der Waals surface area contributed by atoms with Crippen molar-refractivity contribution in [3.63, 3.8) is 0 Å². The number of hydrogen-bond acceptors (Lipinski definition) is 1. The maximum Gasteiger partial charge on any atom is 0.216 e. The van der Waals surface area contributed by atoms with Gasteiger partial charge < -0.3 is 4.42 Å². The van der Waals surface area contributed by atoms with Crippen LogP contribution in [-0.2, 0) is 19.8 Å². The molecule has 0 spiro atoms. The Morgan fingerprint density at radius 3 is 2.56 bits per heavy atom. The largest absolute Gasteiger partial charge is 0.454 e. The number of aromatic nitrogens is 1. The molecule has 0 amide bonds. The van der Waals surface area contributed by atoms with Crippen molar-refractivity contribution in [3.05, 3.63) is 89.6 Å². The predicted octanol–water partition coefficient (Wildman–Crippen LogP) is 8.35. The summed E-state index contributed by atoms with van der Waals surface area (Å²) >= 11 is 0. The lowest BCUT2D eigenvalue weighted by Crippen LogP contribution is -2.30. The molecule has 3 aromatic carbocycles. The fourth-order valence-corrected chi connectivity index (χ4v) is 6.13. The van der Waals surface area contributed by atoms with E-state index in [4.69, 9.17) is 7.16 Å². The van der Waals surface area contributed by atoms with Crippen LogP contribution in [0.25, 0.3) is 44.3 Å². The van der Waals surface area contributed by atoms with Gasteiger partial charge in [-0.1, -0.05) is 80.6 Å². The minimum atomic E-state index is -2.13. The second-order valence-electron chi connectivity index (χ2n) is 10.4. The number of fused-ring (bicyclic) bond motifs is 4. The average molecular weight is 478 g/mol. The lowest BCUT2D eigenvalue weighted by atomic mass is 9.79. The van der Waals surface area contributed by atoms with Gasteiger partial charge in [0, 0.05) is 35.3 Å². The van der Waals surface area contributed by atoms with Gasteiger partial charge >= 0.3 is 0 Å². The zero-order chi connectivity index (χ0) is 28.7. The molecule has 0 N–H and O–H groups in total. The maximum absolute atomic E-state index is 9.42. The highest BCUT2D eigenvalue weighted by Crippen LogP contribution is 2.43. The second kappa shape index (κ2) is 8.62. The molecule has 1 fully saturated rings. The highest BCUT2D eigenvalue weighted by atomic mass is 16.3. The van der Waals surface area contributed by atoms with Gasteiger partial charge in [0.2, 0.25) is 5.69 Å². The van der Waals surface area contributed by atoms with E-state index in [1.807, 2.05) is 43.6 Å². The summed E-state index contributed by atoms with van der Waals surface area (Å²) < 4.78 is 54.7. The monoisotopic (exact) mass is 477 g/mol. The van der Waals surface area contributed by atoms with E-state index in [1.54, 1.807) is 12.1 Å². The molecule has 0 bridgehead atoms. The van der Waals surface area contributed by atoms with Crippen molar-refractivity contribution < 1.29 is 15.8 Å². The number of para-hydroxylation sites is 1. The molecule has 1 unspecified atom stereocenters. The third kappa shape index (κ3) is 3.50. The predicted molar refractivity (Wildman–Crippen MR) is 148 cm³/mol. The van der Waals surface area contributed by atoms with Crippen LogP contribution in [0.5, 0.6) is 0 Å². The summed E-state index contributed by atoms with van der Waals surface area (Å²) in [4.78, 5) is 0. The van der Waals surface area contributed by atoms with Gasteiger partial charge in [0.15, 0.2) is 6.20 Å². The van der Waals surface area contributed by atoms with Gasteiger partial charge in [-0.25, -0.2) is 4.57 Å². The fourth-order valence-electron chi connectivity index (χ4n) is 6.13. The third-order valence-electron chi connectivity index (χ3n) is 8.07. The number of hydrogen-bond donors (Lipinski definition) is 0. The Balaban J connectivity index is 1.42. The Labute approximate surface area is 220 Å². The van der Waals surface area contributed by atoms with Crippen LogP contribution in [-0.4, -0.2) is 0 Å². The number of rotatable bonds is 3. The molecule has 5 aromatic rings. The lowest BCUT2D eigenvalue weighted by molar-refractivity contribution is -0.660. The van der Waals surface area contributed by atoms with Crippen LogP contribution in [0, 0.1) is 18.7 Å². The minimum absolute atomic E-state index is 0.293. The van der Waals surface area contributed by atoms with Crippen LogP contribution in [0.3, 0.4) is 0 Å². The molecule has 36 heavy (non-hydrogen) atoms. The Morgan fingerprint density at radius 2 is 1.69 bits per heavy atom. The fraction of sp³-hybridized carbons (Fsp3) is 0.324. The van der Waals surface area contributed by atoms with Crippen molar-refractivity contribution in [1.82, 2.24) is 0 Å². The van der Waals surface area contributed by atoms with E-state index < -0.39 is 18.6 Å². The van der Waals surface area contributed by atoms with E-state index in [0.717, 1.165) is 69.1 Å². The van der Waals surface area contributed by atoms with Crippen LogP contribution in [0.1, 0.15) is 55.6 Å². The molecule has 2 aliphatic rings. The zero-order valence-electron chi connectivity index (χ0n) is 25.9. The van der Waals surface area contributed by atoms with Gasteiger partial charge in [0.25, 0.3) is 0 Å². The minimum Gasteiger partial charge on any atom is -0.454 e. The first-order chi connectivity index (χ1) is 19.6. The summed E-state index contributed by atoms with van der Waals surface area (Å²) in [5.41, 5.74) is 6.94. The molecule has 2 aliphatic carbocycles. The van der Waals surface area contributed by atoms with Crippen LogP contribution in [0.2, 0.25) is 0 Å². The number of benzene rings is 3. The highest BCUT2D eigenvalue weighted by molar-refractivity contribution is 6.13. The summed E-state index contributed by atoms with van der Waals surface area (Å²) in [6.45, 7) is 2.09. The summed E-state index contributed by atoms with van der Waals surface area (Å²) in [5, 5.41) is 2.00. The number of nitrogens with zero attached hydrogens (tertiary/aromatic N) is 1. The second-order valence-corrected chi connectivity index (χ2v) is 10.4. The lowest BCUT2D eigenvalue weighted by Gasteiger charge is -2.27. The summed E-state index contributed by atoms with van der Waals surface area (Å²) in [5.74, 6) is -2.19. The number of furan rings is 1. The first-order valence-corrected chi connectivity index (χ1v) is 13.1. The van der Waals surface area contributed by atoms with Gasteiger partial charge in [-0.05, 0) is 59.8 Å². The molecule has 2 heteroatoms. The molecule has 7 rings (SSSR count). The Kier molecular flexibility index (Phi) is 4.10. The molecule has 2 aromatic heterocycles. The molecule has 1 saturated carbocycles. The van der Waals surface area contributed by atoms with E-state index >= 15 is 0 Å². The van der Waals surface area contributed by atoms with E-state index in [2.05, 4.69) is 35.8 Å². The van der Waals surface area contributed by atoms with Gasteiger partial charge in [-0.15, -0.1) is 0 Å². The third-order valence-corrected chi connectivity index (χ3v) is 8.07. The van der Waals surface area contributed by atoms with Crippen LogP contribution >= 0.6 is 0 Å². The SMILES string of the molecule is [2H]C1([2H])c2ccc(-c3cccc4c3oc3c(-c5cccc[n+]5C)c(C)ccc34)cc2C([2H])([2H])C1([2H])C1CCCCC1. The van der Waals surface area contributed by atoms with Gasteiger partial charge in [-0.3, -0.25) is 0 Å². The first kappa shape index (κ1) is 17.1. The van der Waals surface area contributed by atoms with Crippen LogP contribution in [0.4, 0.5) is 0 Å². The van der Waals surface area contributed by atoms with E-state index in [0.29, 0.717) is 24.0 Å². The van der Waals surface area contributed by atoms with Crippen molar-refractivity contribution >= 4 is 21.9 Å². The van der Waals surface area contributed by atoms with E-state index in [-0.39, 0.29) is 5.92 Å². The first-order valence-electron chi connectivity index (χ1n) is 15.6. The van der Waals surface area contributed by atoms with Crippen molar-refractivity contribution in [3.8, 4) is 22.4 Å². The molecule has 0 radical (unpaired) electrons. The molecular formula is C34H34NO+. The van der Waals surface area contributed by atoms with Gasteiger partial charge in [-0.2, -0.15) is 0 Å². The van der Waals surface area contributed by atoms with E-state index in [1.165, 1.54) is 0 Å². The van der Waals surface area contributed by atoms with Crippen molar-refractivity contribution in [1.29, 1.82) is 0 Å². The smallest absolute Gasteiger partial charge is 0.216 e. The summed E-state index contributed by atoms with van der Waals surface area (Å²) in [6.07, 6.45) is 2.13. The topological polar surface area (TPSA) is 17.0 Å². The molecular weight excluding hydrogens is 438 g/mol. The van der Waals surface area contributed by atoms with Crippen LogP contribution in [0.15, 0.2) is 77.3 Å². The average Bonchev–Trinajstić information content (AvgIpc) is 3.40.